The lowest BCUT2D eigenvalue weighted by molar-refractivity contribution is 0.146. The van der Waals surface area contributed by atoms with Gasteiger partial charge in [0.25, 0.3) is 6.43 Å². The van der Waals surface area contributed by atoms with E-state index >= 15 is 0 Å². The van der Waals surface area contributed by atoms with E-state index in [1.807, 2.05) is 0 Å². The molecule has 1 aromatic heterocycles. The number of hydrogen-bond donors (Lipinski definition) is 0. The Bertz CT molecular complexity index is 387. The van der Waals surface area contributed by atoms with Crippen molar-refractivity contribution >= 4 is 11.6 Å². The fraction of sp³-hybridized carbons (Fsp3) is 0.250. The Labute approximate surface area is 82.9 Å². The molecule has 0 radical (unpaired) electrons. The second-order valence-electron chi connectivity index (χ2n) is 2.43. The van der Waals surface area contributed by atoms with Gasteiger partial charge in [0, 0.05) is 0 Å². The van der Waals surface area contributed by atoms with Crippen molar-refractivity contribution < 1.29 is 13.2 Å². The van der Waals surface area contributed by atoms with E-state index in [0.717, 1.165) is 6.07 Å². The average molecular weight is 221 g/mol. The fourth-order valence-electron chi connectivity index (χ4n) is 0.919. The Morgan fingerprint density at radius 1 is 1.57 bits per heavy atom. The second kappa shape index (κ2) is 4.29. The summed E-state index contributed by atoms with van der Waals surface area (Å²) in [6.07, 6.45) is -3.35. The average Bonchev–Trinajstić information content (AvgIpc) is 2.10. The van der Waals surface area contributed by atoms with Gasteiger partial charge in [0.2, 0.25) is 0 Å². The van der Waals surface area contributed by atoms with Gasteiger partial charge in [-0.3, -0.25) is 0 Å². The lowest BCUT2D eigenvalue weighted by Gasteiger charge is -2.05. The molecule has 0 aliphatic rings. The molecule has 6 heteroatoms. The van der Waals surface area contributed by atoms with Crippen molar-refractivity contribution in [2.24, 2.45) is 0 Å². The first-order valence-corrected chi connectivity index (χ1v) is 3.94. The summed E-state index contributed by atoms with van der Waals surface area (Å²) in [7, 11) is 0. The summed E-state index contributed by atoms with van der Waals surface area (Å²) in [6, 6.07) is 2.36. The molecule has 0 unspecified atom stereocenters. The number of alkyl halides is 2. The van der Waals surface area contributed by atoms with E-state index in [9.17, 15) is 13.2 Å². The van der Waals surface area contributed by atoms with Gasteiger partial charge in [-0.2, -0.15) is 5.26 Å². The Kier molecular flexibility index (Phi) is 3.31. The quantitative estimate of drug-likeness (QED) is 0.719. The first-order valence-electron chi connectivity index (χ1n) is 3.56. The van der Waals surface area contributed by atoms with Gasteiger partial charge in [-0.15, -0.1) is 0 Å². The van der Waals surface area contributed by atoms with Crippen molar-refractivity contribution in [2.45, 2.75) is 12.8 Å². The zero-order chi connectivity index (χ0) is 10.7. The molecular formula is C8H4ClF3N2. The van der Waals surface area contributed by atoms with Crippen molar-refractivity contribution in [3.8, 4) is 6.07 Å². The minimum Gasteiger partial charge on any atom is -0.237 e. The maximum Gasteiger partial charge on any atom is 0.266 e. The van der Waals surface area contributed by atoms with Crippen LogP contribution < -0.4 is 0 Å². The Morgan fingerprint density at radius 2 is 2.21 bits per heavy atom. The van der Waals surface area contributed by atoms with Gasteiger partial charge in [-0.1, -0.05) is 11.6 Å². The molecule has 14 heavy (non-hydrogen) atoms. The number of rotatable bonds is 2. The van der Waals surface area contributed by atoms with E-state index < -0.39 is 17.8 Å². The lowest BCUT2D eigenvalue weighted by atomic mass is 10.2. The normalized spacial score (nSPS) is 10.3. The van der Waals surface area contributed by atoms with Crippen LogP contribution in [0, 0.1) is 17.1 Å². The van der Waals surface area contributed by atoms with Gasteiger partial charge in [-0.25, -0.2) is 18.2 Å². The summed E-state index contributed by atoms with van der Waals surface area (Å²) >= 11 is 5.38. The molecule has 0 atom stereocenters. The Hall–Kier alpha value is -1.28. The summed E-state index contributed by atoms with van der Waals surface area (Å²) in [5.74, 6) is -1.16. The first kappa shape index (κ1) is 10.8. The molecule has 1 rings (SSSR count). The summed E-state index contributed by atoms with van der Waals surface area (Å²) in [5.41, 5.74) is -1.18. The zero-order valence-corrected chi connectivity index (χ0v) is 7.52. The monoisotopic (exact) mass is 220 g/mol. The predicted octanol–water partition coefficient (Wildman–Crippen LogP) is 2.88. The van der Waals surface area contributed by atoms with E-state index in [0.29, 0.717) is 0 Å². The van der Waals surface area contributed by atoms with Crippen LogP contribution in [-0.4, -0.2) is 4.98 Å². The summed E-state index contributed by atoms with van der Waals surface area (Å²) < 4.78 is 37.6. The van der Waals surface area contributed by atoms with Crippen LogP contribution >= 0.6 is 11.6 Å². The standard InChI is InChI=1S/C8H4ClF3N2/c9-6-3-4(8(11)12)7(10)5(14-6)1-2-13/h3,8H,1H2. The number of nitrogens with zero attached hydrogens (tertiary/aromatic N) is 2. The third kappa shape index (κ3) is 2.15. The molecule has 0 saturated carbocycles. The fourth-order valence-corrected chi connectivity index (χ4v) is 1.14. The summed E-state index contributed by atoms with van der Waals surface area (Å²) in [5, 5.41) is 8.03. The molecule has 0 saturated heterocycles. The third-order valence-electron chi connectivity index (χ3n) is 1.50. The highest BCUT2D eigenvalue weighted by Crippen LogP contribution is 2.25. The molecule has 0 aromatic carbocycles. The van der Waals surface area contributed by atoms with Gasteiger partial charge in [0.05, 0.1) is 23.7 Å². The molecule has 1 heterocycles. The van der Waals surface area contributed by atoms with E-state index in [1.54, 1.807) is 6.07 Å². The van der Waals surface area contributed by atoms with Crippen LogP contribution in [0.5, 0.6) is 0 Å². The molecule has 0 aliphatic heterocycles. The highest BCUT2D eigenvalue weighted by atomic mass is 35.5. The molecule has 0 bridgehead atoms. The van der Waals surface area contributed by atoms with Crippen LogP contribution in [0.25, 0.3) is 0 Å². The molecule has 2 nitrogen and oxygen atoms in total. The van der Waals surface area contributed by atoms with E-state index in [2.05, 4.69) is 4.98 Å². The van der Waals surface area contributed by atoms with Gasteiger partial charge >= 0.3 is 0 Å². The lowest BCUT2D eigenvalue weighted by Crippen LogP contribution is -2.00. The Balaban J connectivity index is 3.26. The number of pyridine rings is 1. The molecule has 0 aliphatic carbocycles. The molecule has 0 N–H and O–H groups in total. The highest BCUT2D eigenvalue weighted by Gasteiger charge is 2.18. The van der Waals surface area contributed by atoms with Crippen molar-refractivity contribution in [3.05, 3.63) is 28.3 Å². The van der Waals surface area contributed by atoms with Crippen LogP contribution in [0.4, 0.5) is 13.2 Å². The number of nitriles is 1. The van der Waals surface area contributed by atoms with Crippen LogP contribution in [0.3, 0.4) is 0 Å². The second-order valence-corrected chi connectivity index (χ2v) is 2.82. The molecule has 0 amide bonds. The predicted molar refractivity (Wildman–Crippen MR) is 43.5 cm³/mol. The van der Waals surface area contributed by atoms with Gasteiger partial charge in [0.15, 0.2) is 5.82 Å². The van der Waals surface area contributed by atoms with Crippen LogP contribution in [0.2, 0.25) is 5.15 Å². The van der Waals surface area contributed by atoms with E-state index in [4.69, 9.17) is 16.9 Å². The van der Waals surface area contributed by atoms with Crippen molar-refractivity contribution in [1.29, 1.82) is 5.26 Å². The SMILES string of the molecule is N#CCc1nc(Cl)cc(C(F)F)c1F. The van der Waals surface area contributed by atoms with Crippen molar-refractivity contribution in [3.63, 3.8) is 0 Å². The van der Waals surface area contributed by atoms with Crippen LogP contribution in [0.1, 0.15) is 17.7 Å². The largest absolute Gasteiger partial charge is 0.266 e. The molecular weight excluding hydrogens is 217 g/mol. The summed E-state index contributed by atoms with van der Waals surface area (Å²) in [4.78, 5) is 3.44. The van der Waals surface area contributed by atoms with Gasteiger partial charge in [0.1, 0.15) is 5.15 Å². The van der Waals surface area contributed by atoms with E-state index in [1.165, 1.54) is 0 Å². The van der Waals surface area contributed by atoms with E-state index in [-0.39, 0.29) is 17.3 Å². The third-order valence-corrected chi connectivity index (χ3v) is 1.70. The van der Waals surface area contributed by atoms with Crippen molar-refractivity contribution in [1.82, 2.24) is 4.98 Å². The molecule has 0 fully saturated rings. The molecule has 0 spiro atoms. The van der Waals surface area contributed by atoms with Gasteiger partial charge < -0.3 is 0 Å². The Morgan fingerprint density at radius 3 is 2.71 bits per heavy atom. The maximum absolute atomic E-state index is 13.1. The topological polar surface area (TPSA) is 36.7 Å². The van der Waals surface area contributed by atoms with Crippen LogP contribution in [0.15, 0.2) is 6.07 Å². The minimum absolute atomic E-state index is 0.244. The zero-order valence-electron chi connectivity index (χ0n) is 6.77. The maximum atomic E-state index is 13.1. The summed E-state index contributed by atoms with van der Waals surface area (Å²) in [6.45, 7) is 0. The van der Waals surface area contributed by atoms with Crippen LogP contribution in [-0.2, 0) is 6.42 Å². The molecule has 74 valence electrons. The number of aromatic nitrogens is 1. The minimum atomic E-state index is -2.96. The smallest absolute Gasteiger partial charge is 0.237 e. The number of halogens is 4. The first-order chi connectivity index (χ1) is 6.56. The number of hydrogen-bond acceptors (Lipinski definition) is 2. The van der Waals surface area contributed by atoms with Gasteiger partial charge in [-0.05, 0) is 6.07 Å². The highest BCUT2D eigenvalue weighted by molar-refractivity contribution is 6.29. The van der Waals surface area contributed by atoms with Crippen molar-refractivity contribution in [2.75, 3.05) is 0 Å². The molecule has 1 aromatic rings.